The standard InChI is InChI=1S/C31H28F2N6O3/c1-3-13-41-20-31(37-30(40)26-14-23(32)6-7-27(26)33)9-11-38(12-10-31)28-8-5-21(17-35-28)25-15-24(42-4-2)19-39-29(25)22(16-34)18-36-39/h1,5-8,14-15,17-19H,4,9-13,20H2,2H3,(H,37,40). The van der Waals surface area contributed by atoms with Crippen LogP contribution in [0.25, 0.3) is 16.6 Å². The Morgan fingerprint density at radius 2 is 2.00 bits per heavy atom. The van der Waals surface area contributed by atoms with Crippen LogP contribution in [0.15, 0.2) is 55.0 Å². The summed E-state index contributed by atoms with van der Waals surface area (Å²) in [6.07, 6.45) is 11.2. The summed E-state index contributed by atoms with van der Waals surface area (Å²) in [5.74, 6) is 1.53. The SMILES string of the molecule is C#CCOCC1(NC(=O)c2cc(F)ccc2F)CCN(c2ccc(-c3cc(OCC)cn4ncc(C#N)c34)cn2)CC1. The number of carbonyl (C=O) groups excluding carboxylic acids is 1. The number of aromatic nitrogens is 3. The number of halogens is 2. The molecule has 0 unspecified atom stereocenters. The average Bonchev–Trinajstić information content (AvgIpc) is 3.42. The number of pyridine rings is 2. The minimum atomic E-state index is -0.829. The average molecular weight is 571 g/mol. The molecule has 9 nitrogen and oxygen atoms in total. The van der Waals surface area contributed by atoms with Crippen molar-refractivity contribution >= 4 is 17.2 Å². The Hall–Kier alpha value is -5.00. The van der Waals surface area contributed by atoms with Gasteiger partial charge in [-0.25, -0.2) is 18.3 Å². The molecule has 1 fully saturated rings. The molecule has 0 bridgehead atoms. The summed E-state index contributed by atoms with van der Waals surface area (Å²) >= 11 is 0. The summed E-state index contributed by atoms with van der Waals surface area (Å²) in [6.45, 7) is 3.59. The van der Waals surface area contributed by atoms with Gasteiger partial charge in [0.1, 0.15) is 35.9 Å². The molecule has 0 radical (unpaired) electrons. The second-order valence-corrected chi connectivity index (χ2v) is 9.93. The summed E-state index contributed by atoms with van der Waals surface area (Å²) in [4.78, 5) is 19.7. The maximum Gasteiger partial charge on any atom is 0.254 e. The summed E-state index contributed by atoms with van der Waals surface area (Å²) in [6, 6.07) is 10.6. The van der Waals surface area contributed by atoms with Crippen molar-refractivity contribution in [2.24, 2.45) is 0 Å². The van der Waals surface area contributed by atoms with E-state index in [1.807, 2.05) is 25.1 Å². The van der Waals surface area contributed by atoms with Crippen LogP contribution >= 0.6 is 0 Å². The second kappa shape index (κ2) is 12.2. The third kappa shape index (κ3) is 5.87. The summed E-state index contributed by atoms with van der Waals surface area (Å²) in [7, 11) is 0. The molecular formula is C31H28F2N6O3. The predicted molar refractivity (Wildman–Crippen MR) is 152 cm³/mol. The molecule has 3 aromatic heterocycles. The smallest absolute Gasteiger partial charge is 0.254 e. The molecular weight excluding hydrogens is 542 g/mol. The van der Waals surface area contributed by atoms with E-state index in [4.69, 9.17) is 20.9 Å². The third-order valence-corrected chi connectivity index (χ3v) is 7.24. The first-order valence-electron chi connectivity index (χ1n) is 13.4. The van der Waals surface area contributed by atoms with Crippen LogP contribution < -0.4 is 15.0 Å². The monoisotopic (exact) mass is 570 g/mol. The fourth-order valence-electron chi connectivity index (χ4n) is 5.13. The van der Waals surface area contributed by atoms with Gasteiger partial charge in [0.15, 0.2) is 0 Å². The molecule has 1 saturated heterocycles. The fourth-order valence-corrected chi connectivity index (χ4v) is 5.13. The van der Waals surface area contributed by atoms with Gasteiger partial charge >= 0.3 is 0 Å². The van der Waals surface area contributed by atoms with Crippen LogP contribution in [-0.2, 0) is 4.74 Å². The lowest BCUT2D eigenvalue weighted by molar-refractivity contribution is 0.0600. The number of terminal acetylenes is 1. The number of fused-ring (bicyclic) bond motifs is 1. The highest BCUT2D eigenvalue weighted by atomic mass is 19.1. The Balaban J connectivity index is 1.35. The quantitative estimate of drug-likeness (QED) is 0.236. The molecule has 42 heavy (non-hydrogen) atoms. The van der Waals surface area contributed by atoms with E-state index >= 15 is 0 Å². The summed E-state index contributed by atoms with van der Waals surface area (Å²) in [5.41, 5.74) is 1.47. The maximum atomic E-state index is 14.3. The van der Waals surface area contributed by atoms with E-state index in [-0.39, 0.29) is 18.8 Å². The molecule has 214 valence electrons. The number of rotatable bonds is 9. The predicted octanol–water partition coefficient (Wildman–Crippen LogP) is 4.36. The van der Waals surface area contributed by atoms with Crippen molar-refractivity contribution in [3.05, 3.63) is 77.8 Å². The van der Waals surface area contributed by atoms with Gasteiger partial charge in [0.25, 0.3) is 5.91 Å². The zero-order chi connectivity index (χ0) is 29.7. The molecule has 11 heteroatoms. The van der Waals surface area contributed by atoms with Gasteiger partial charge in [0.05, 0.1) is 47.8 Å². The number of hydrogen-bond donors (Lipinski definition) is 1. The van der Waals surface area contributed by atoms with Crippen molar-refractivity contribution in [3.8, 4) is 35.3 Å². The van der Waals surface area contributed by atoms with Crippen molar-refractivity contribution in [3.63, 3.8) is 0 Å². The van der Waals surface area contributed by atoms with Crippen LogP contribution in [0.1, 0.15) is 35.7 Å². The number of nitrogens with one attached hydrogen (secondary N) is 1. The number of ether oxygens (including phenoxy) is 2. The molecule has 1 aliphatic rings. The second-order valence-electron chi connectivity index (χ2n) is 9.93. The van der Waals surface area contributed by atoms with E-state index in [2.05, 4.69) is 27.3 Å². The molecule has 1 aromatic carbocycles. The third-order valence-electron chi connectivity index (χ3n) is 7.24. The number of carbonyl (C=O) groups is 1. The maximum absolute atomic E-state index is 14.3. The van der Waals surface area contributed by atoms with Gasteiger partial charge in [-0.1, -0.05) is 5.92 Å². The number of amides is 1. The number of hydrogen-bond acceptors (Lipinski definition) is 7. The minimum absolute atomic E-state index is 0.0567. The normalized spacial score (nSPS) is 14.3. The van der Waals surface area contributed by atoms with Crippen molar-refractivity contribution < 1.29 is 23.0 Å². The first-order valence-corrected chi connectivity index (χ1v) is 13.4. The van der Waals surface area contributed by atoms with E-state index in [1.165, 1.54) is 6.20 Å². The summed E-state index contributed by atoms with van der Waals surface area (Å²) < 4.78 is 40.9. The topological polar surface area (TPSA) is 105 Å². The molecule has 1 aliphatic heterocycles. The number of benzene rings is 1. The van der Waals surface area contributed by atoms with Gasteiger partial charge in [-0.05, 0) is 56.2 Å². The Kier molecular flexibility index (Phi) is 8.32. The van der Waals surface area contributed by atoms with Crippen LogP contribution in [-0.4, -0.2) is 59.0 Å². The number of piperidine rings is 1. The van der Waals surface area contributed by atoms with Crippen LogP contribution in [0, 0.1) is 35.3 Å². The Bertz CT molecular complexity index is 1680. The highest BCUT2D eigenvalue weighted by molar-refractivity contribution is 5.95. The Labute approximate surface area is 241 Å². The molecule has 1 N–H and O–H groups in total. The van der Waals surface area contributed by atoms with Gasteiger partial charge < -0.3 is 19.7 Å². The molecule has 0 saturated carbocycles. The molecule has 4 aromatic rings. The van der Waals surface area contributed by atoms with Gasteiger partial charge in [-0.3, -0.25) is 4.79 Å². The van der Waals surface area contributed by atoms with Gasteiger partial charge in [-0.2, -0.15) is 10.4 Å². The molecule has 1 amide bonds. The first-order chi connectivity index (χ1) is 20.4. The highest BCUT2D eigenvalue weighted by Gasteiger charge is 2.37. The Morgan fingerprint density at radius 3 is 2.69 bits per heavy atom. The number of nitriles is 1. The number of anilines is 1. The fraction of sp³-hybridized carbons (Fsp3) is 0.290. The number of nitrogens with zero attached hydrogens (tertiary/aromatic N) is 5. The van der Waals surface area contributed by atoms with Gasteiger partial charge in [0, 0.05) is 30.4 Å². The van der Waals surface area contributed by atoms with E-state index < -0.39 is 23.1 Å². The highest BCUT2D eigenvalue weighted by Crippen LogP contribution is 2.32. The summed E-state index contributed by atoms with van der Waals surface area (Å²) in [5, 5.41) is 16.8. The van der Waals surface area contributed by atoms with E-state index in [0.717, 1.165) is 35.1 Å². The van der Waals surface area contributed by atoms with Crippen molar-refractivity contribution in [1.29, 1.82) is 5.26 Å². The van der Waals surface area contributed by atoms with Crippen molar-refractivity contribution in [2.75, 3.05) is 37.8 Å². The first kappa shape index (κ1) is 28.5. The minimum Gasteiger partial charge on any atom is -0.492 e. The lowest BCUT2D eigenvalue weighted by Gasteiger charge is -2.42. The molecule has 4 heterocycles. The largest absolute Gasteiger partial charge is 0.492 e. The molecule has 0 aliphatic carbocycles. The van der Waals surface area contributed by atoms with Crippen molar-refractivity contribution in [2.45, 2.75) is 25.3 Å². The van der Waals surface area contributed by atoms with Crippen LogP contribution in [0.4, 0.5) is 14.6 Å². The van der Waals surface area contributed by atoms with Crippen molar-refractivity contribution in [1.82, 2.24) is 19.9 Å². The molecule has 0 atom stereocenters. The van der Waals surface area contributed by atoms with Crippen LogP contribution in [0.5, 0.6) is 5.75 Å². The van der Waals surface area contributed by atoms with E-state index in [1.54, 1.807) is 16.9 Å². The molecule has 5 rings (SSSR count). The van der Waals surface area contributed by atoms with Gasteiger partial charge in [-0.15, -0.1) is 6.42 Å². The Morgan fingerprint density at radius 1 is 1.19 bits per heavy atom. The van der Waals surface area contributed by atoms with Gasteiger partial charge in [0.2, 0.25) is 0 Å². The van der Waals surface area contributed by atoms with Crippen LogP contribution in [0.3, 0.4) is 0 Å². The van der Waals surface area contributed by atoms with E-state index in [0.29, 0.717) is 49.4 Å². The van der Waals surface area contributed by atoms with E-state index in [9.17, 15) is 18.8 Å². The lowest BCUT2D eigenvalue weighted by Crippen LogP contribution is -2.58. The molecule has 0 spiro atoms. The zero-order valence-corrected chi connectivity index (χ0v) is 22.9. The lowest BCUT2D eigenvalue weighted by atomic mass is 9.87. The van der Waals surface area contributed by atoms with Crippen LogP contribution in [0.2, 0.25) is 0 Å². The zero-order valence-electron chi connectivity index (χ0n) is 22.9.